The summed E-state index contributed by atoms with van der Waals surface area (Å²) in [6.07, 6.45) is 4.59. The third kappa shape index (κ3) is 3.64. The number of nitrogens with one attached hydrogen (secondary N) is 2. The summed E-state index contributed by atoms with van der Waals surface area (Å²) in [4.78, 5) is 11.9. The Bertz CT molecular complexity index is 641. The van der Waals surface area contributed by atoms with E-state index in [-0.39, 0.29) is 11.9 Å². The number of rotatable bonds is 6. The molecule has 2 aromatic rings. The van der Waals surface area contributed by atoms with Crippen LogP contribution in [0.5, 0.6) is 0 Å². The normalized spacial score (nSPS) is 14.8. The van der Waals surface area contributed by atoms with Gasteiger partial charge in [-0.15, -0.1) is 0 Å². The van der Waals surface area contributed by atoms with Crippen molar-refractivity contribution in [3.05, 3.63) is 36.0 Å². The minimum Gasteiger partial charge on any atom is -0.352 e. The summed E-state index contributed by atoms with van der Waals surface area (Å²) >= 11 is 0. The maximum atomic E-state index is 11.9. The SMILES string of the molecule is CC(C)NC(=O)Cn1ccc2ccc(CNC3CC3)cc21. The van der Waals surface area contributed by atoms with Crippen molar-refractivity contribution >= 4 is 16.8 Å². The molecule has 112 valence electrons. The predicted octanol–water partition coefficient (Wildman–Crippen LogP) is 2.42. The van der Waals surface area contributed by atoms with Crippen LogP contribution < -0.4 is 10.6 Å². The molecule has 21 heavy (non-hydrogen) atoms. The third-order valence-electron chi connectivity index (χ3n) is 3.77. The van der Waals surface area contributed by atoms with Gasteiger partial charge in [-0.05, 0) is 49.8 Å². The molecule has 0 saturated heterocycles. The molecule has 0 aliphatic heterocycles. The molecule has 0 unspecified atom stereocenters. The molecule has 4 heteroatoms. The molecule has 1 heterocycles. The Labute approximate surface area is 125 Å². The van der Waals surface area contributed by atoms with E-state index in [0.29, 0.717) is 12.6 Å². The van der Waals surface area contributed by atoms with E-state index in [9.17, 15) is 4.79 Å². The van der Waals surface area contributed by atoms with Crippen LogP contribution in [0.1, 0.15) is 32.3 Å². The van der Waals surface area contributed by atoms with Crippen molar-refractivity contribution in [3.63, 3.8) is 0 Å². The van der Waals surface area contributed by atoms with E-state index in [1.165, 1.54) is 23.8 Å². The Morgan fingerprint density at radius 2 is 2.14 bits per heavy atom. The van der Waals surface area contributed by atoms with Gasteiger partial charge in [0.05, 0.1) is 0 Å². The van der Waals surface area contributed by atoms with Crippen molar-refractivity contribution in [2.45, 2.75) is 51.9 Å². The number of carbonyl (C=O) groups excluding carboxylic acids is 1. The number of nitrogens with zero attached hydrogens (tertiary/aromatic N) is 1. The molecule has 3 rings (SSSR count). The van der Waals surface area contributed by atoms with Crippen LogP contribution in [0.15, 0.2) is 30.5 Å². The predicted molar refractivity (Wildman–Crippen MR) is 85.1 cm³/mol. The summed E-state index contributed by atoms with van der Waals surface area (Å²) in [7, 11) is 0. The fourth-order valence-corrected chi connectivity index (χ4v) is 2.55. The Morgan fingerprint density at radius 1 is 1.33 bits per heavy atom. The van der Waals surface area contributed by atoms with Crippen LogP contribution in [0, 0.1) is 0 Å². The highest BCUT2D eigenvalue weighted by atomic mass is 16.2. The van der Waals surface area contributed by atoms with Crippen molar-refractivity contribution in [2.75, 3.05) is 0 Å². The van der Waals surface area contributed by atoms with Gasteiger partial charge < -0.3 is 15.2 Å². The fraction of sp³-hybridized carbons (Fsp3) is 0.471. The molecule has 0 bridgehead atoms. The number of fused-ring (bicyclic) bond motifs is 1. The maximum absolute atomic E-state index is 11.9. The van der Waals surface area contributed by atoms with E-state index in [0.717, 1.165) is 12.1 Å². The van der Waals surface area contributed by atoms with E-state index in [2.05, 4.69) is 34.9 Å². The van der Waals surface area contributed by atoms with Gasteiger partial charge in [0.15, 0.2) is 0 Å². The first kappa shape index (κ1) is 14.1. The molecule has 1 aliphatic carbocycles. The van der Waals surface area contributed by atoms with E-state index in [1.54, 1.807) is 0 Å². The van der Waals surface area contributed by atoms with E-state index >= 15 is 0 Å². The first-order valence-corrected chi connectivity index (χ1v) is 7.72. The Balaban J connectivity index is 1.74. The molecular formula is C17H23N3O. The quantitative estimate of drug-likeness (QED) is 0.856. The summed E-state index contributed by atoms with van der Waals surface area (Å²) in [5, 5.41) is 7.65. The zero-order chi connectivity index (χ0) is 14.8. The number of benzene rings is 1. The van der Waals surface area contributed by atoms with Crippen LogP contribution in [0.2, 0.25) is 0 Å². The van der Waals surface area contributed by atoms with Crippen LogP contribution in [0.25, 0.3) is 10.9 Å². The lowest BCUT2D eigenvalue weighted by atomic mass is 10.1. The minimum absolute atomic E-state index is 0.0593. The summed E-state index contributed by atoms with van der Waals surface area (Å²) in [6.45, 7) is 5.24. The van der Waals surface area contributed by atoms with Gasteiger partial charge in [-0.1, -0.05) is 12.1 Å². The second kappa shape index (κ2) is 5.90. The third-order valence-corrected chi connectivity index (χ3v) is 3.77. The summed E-state index contributed by atoms with van der Waals surface area (Å²) in [5.74, 6) is 0.0593. The van der Waals surface area contributed by atoms with E-state index < -0.39 is 0 Å². The van der Waals surface area contributed by atoms with Gasteiger partial charge in [-0.25, -0.2) is 0 Å². The average Bonchev–Trinajstić information content (AvgIpc) is 3.18. The zero-order valence-corrected chi connectivity index (χ0v) is 12.7. The highest BCUT2D eigenvalue weighted by Crippen LogP contribution is 2.21. The minimum atomic E-state index is 0.0593. The van der Waals surface area contributed by atoms with Gasteiger partial charge in [-0.2, -0.15) is 0 Å². The van der Waals surface area contributed by atoms with Crippen molar-refractivity contribution in [1.29, 1.82) is 0 Å². The average molecular weight is 285 g/mol. The lowest BCUT2D eigenvalue weighted by Gasteiger charge is -2.10. The first-order chi connectivity index (χ1) is 10.1. The number of hydrogen-bond acceptors (Lipinski definition) is 2. The molecule has 0 spiro atoms. The highest BCUT2D eigenvalue weighted by Gasteiger charge is 2.20. The monoisotopic (exact) mass is 285 g/mol. The second-order valence-corrected chi connectivity index (χ2v) is 6.21. The van der Waals surface area contributed by atoms with Gasteiger partial charge in [0.25, 0.3) is 0 Å². The lowest BCUT2D eigenvalue weighted by molar-refractivity contribution is -0.122. The van der Waals surface area contributed by atoms with Crippen LogP contribution in [-0.2, 0) is 17.9 Å². The number of amides is 1. The van der Waals surface area contributed by atoms with Crippen LogP contribution >= 0.6 is 0 Å². The molecule has 1 amide bonds. The van der Waals surface area contributed by atoms with E-state index in [4.69, 9.17) is 0 Å². The van der Waals surface area contributed by atoms with Gasteiger partial charge in [0.2, 0.25) is 5.91 Å². The molecule has 0 radical (unpaired) electrons. The van der Waals surface area contributed by atoms with Gasteiger partial charge in [0.1, 0.15) is 6.54 Å². The Hall–Kier alpha value is -1.81. The van der Waals surface area contributed by atoms with Crippen molar-refractivity contribution in [3.8, 4) is 0 Å². The molecule has 1 saturated carbocycles. The largest absolute Gasteiger partial charge is 0.352 e. The lowest BCUT2D eigenvalue weighted by Crippen LogP contribution is -2.32. The van der Waals surface area contributed by atoms with Crippen LogP contribution in [0.3, 0.4) is 0 Å². The topological polar surface area (TPSA) is 46.1 Å². The summed E-state index contributed by atoms with van der Waals surface area (Å²) < 4.78 is 2.02. The smallest absolute Gasteiger partial charge is 0.240 e. The number of carbonyl (C=O) groups is 1. The highest BCUT2D eigenvalue weighted by molar-refractivity contribution is 5.83. The Morgan fingerprint density at radius 3 is 2.86 bits per heavy atom. The zero-order valence-electron chi connectivity index (χ0n) is 12.7. The molecule has 0 atom stereocenters. The molecule has 1 aromatic heterocycles. The molecule has 1 aromatic carbocycles. The molecule has 4 nitrogen and oxygen atoms in total. The summed E-state index contributed by atoms with van der Waals surface area (Å²) in [6, 6.07) is 9.44. The number of hydrogen-bond donors (Lipinski definition) is 2. The van der Waals surface area contributed by atoms with Crippen molar-refractivity contribution < 1.29 is 4.79 Å². The second-order valence-electron chi connectivity index (χ2n) is 6.21. The van der Waals surface area contributed by atoms with Gasteiger partial charge in [-0.3, -0.25) is 4.79 Å². The molecule has 2 N–H and O–H groups in total. The molecule has 1 fully saturated rings. The fourth-order valence-electron chi connectivity index (χ4n) is 2.55. The standard InChI is InChI=1S/C17H23N3O/c1-12(2)19-17(21)11-20-8-7-14-4-3-13(9-16(14)20)10-18-15-5-6-15/h3-4,7-9,12,15,18H,5-6,10-11H2,1-2H3,(H,19,21). The van der Waals surface area contributed by atoms with Gasteiger partial charge in [0, 0.05) is 30.3 Å². The maximum Gasteiger partial charge on any atom is 0.240 e. The van der Waals surface area contributed by atoms with Gasteiger partial charge >= 0.3 is 0 Å². The van der Waals surface area contributed by atoms with E-state index in [1.807, 2.05) is 24.6 Å². The van der Waals surface area contributed by atoms with Crippen LogP contribution in [0.4, 0.5) is 0 Å². The molecular weight excluding hydrogens is 262 g/mol. The molecule has 1 aliphatic rings. The first-order valence-electron chi connectivity index (χ1n) is 7.72. The van der Waals surface area contributed by atoms with Crippen molar-refractivity contribution in [1.82, 2.24) is 15.2 Å². The summed E-state index contributed by atoms with van der Waals surface area (Å²) in [5.41, 5.74) is 2.41. The Kier molecular flexibility index (Phi) is 3.97. The number of aromatic nitrogens is 1. The van der Waals surface area contributed by atoms with Crippen LogP contribution in [-0.4, -0.2) is 22.6 Å². The van der Waals surface area contributed by atoms with Crippen molar-refractivity contribution in [2.24, 2.45) is 0 Å².